The number of aliphatic imine (C=N–C) groups is 1. The first-order chi connectivity index (χ1) is 14.1. The van der Waals surface area contributed by atoms with Crippen LogP contribution < -0.4 is 15.4 Å². The number of nitrogens with zero attached hydrogens (tertiary/aromatic N) is 2. The molecule has 0 saturated carbocycles. The van der Waals surface area contributed by atoms with E-state index >= 15 is 0 Å². The first-order valence-corrected chi connectivity index (χ1v) is 10.5. The van der Waals surface area contributed by atoms with E-state index in [1.165, 1.54) is 5.56 Å². The molecule has 7 nitrogen and oxygen atoms in total. The van der Waals surface area contributed by atoms with Gasteiger partial charge in [0.1, 0.15) is 5.75 Å². The first kappa shape index (κ1) is 25.2. The van der Waals surface area contributed by atoms with E-state index in [0.29, 0.717) is 19.8 Å². The normalized spacial score (nSPS) is 11.7. The van der Waals surface area contributed by atoms with Crippen molar-refractivity contribution < 1.29 is 14.2 Å². The smallest absolute Gasteiger partial charge is 0.191 e. The van der Waals surface area contributed by atoms with Gasteiger partial charge in [-0.25, -0.2) is 4.99 Å². The van der Waals surface area contributed by atoms with Gasteiger partial charge in [-0.15, -0.1) is 0 Å². The van der Waals surface area contributed by atoms with Crippen LogP contribution in [-0.2, 0) is 16.0 Å². The number of rotatable bonds is 15. The summed E-state index contributed by atoms with van der Waals surface area (Å²) in [4.78, 5) is 7.01. The fraction of sp³-hybridized carbons (Fsp3) is 0.682. The summed E-state index contributed by atoms with van der Waals surface area (Å²) in [5, 5.41) is 6.73. The van der Waals surface area contributed by atoms with Crippen molar-refractivity contribution in [2.45, 2.75) is 33.2 Å². The van der Waals surface area contributed by atoms with Gasteiger partial charge in [-0.05, 0) is 45.5 Å². The van der Waals surface area contributed by atoms with Crippen LogP contribution in [0.3, 0.4) is 0 Å². The van der Waals surface area contributed by atoms with E-state index in [9.17, 15) is 0 Å². The SMILES string of the molecule is CCNC(=NCc1ccc(C)cc1OCCCOC)NCCCN(C)CCOC. The number of hydrogen-bond acceptors (Lipinski definition) is 5. The molecule has 1 rings (SSSR count). The van der Waals surface area contributed by atoms with Crippen LogP contribution in [0.5, 0.6) is 5.75 Å². The third kappa shape index (κ3) is 11.7. The molecule has 0 heterocycles. The lowest BCUT2D eigenvalue weighted by atomic mass is 10.1. The Labute approximate surface area is 176 Å². The Kier molecular flexibility index (Phi) is 13.9. The van der Waals surface area contributed by atoms with Gasteiger partial charge in [0.05, 0.1) is 19.8 Å². The summed E-state index contributed by atoms with van der Waals surface area (Å²) in [6, 6.07) is 6.27. The molecule has 0 unspecified atom stereocenters. The highest BCUT2D eigenvalue weighted by molar-refractivity contribution is 5.79. The highest BCUT2D eigenvalue weighted by Crippen LogP contribution is 2.21. The van der Waals surface area contributed by atoms with Crippen molar-refractivity contribution in [3.63, 3.8) is 0 Å². The predicted molar refractivity (Wildman–Crippen MR) is 120 cm³/mol. The maximum atomic E-state index is 5.96. The number of benzene rings is 1. The van der Waals surface area contributed by atoms with Gasteiger partial charge in [-0.3, -0.25) is 0 Å². The van der Waals surface area contributed by atoms with Crippen LogP contribution in [0.15, 0.2) is 23.2 Å². The summed E-state index contributed by atoms with van der Waals surface area (Å²) in [5.74, 6) is 1.73. The number of likely N-dealkylation sites (N-methyl/N-ethyl adjacent to an activating group) is 1. The van der Waals surface area contributed by atoms with Crippen LogP contribution in [-0.4, -0.2) is 78.1 Å². The summed E-state index contributed by atoms with van der Waals surface area (Å²) < 4.78 is 16.2. The third-order valence-corrected chi connectivity index (χ3v) is 4.41. The molecule has 0 aliphatic carbocycles. The molecule has 2 N–H and O–H groups in total. The maximum absolute atomic E-state index is 5.96. The van der Waals surface area contributed by atoms with E-state index in [1.807, 2.05) is 0 Å². The Morgan fingerprint density at radius 3 is 2.55 bits per heavy atom. The molecule has 0 radical (unpaired) electrons. The quantitative estimate of drug-likeness (QED) is 0.264. The Morgan fingerprint density at radius 2 is 1.83 bits per heavy atom. The second-order valence-electron chi connectivity index (χ2n) is 7.08. The van der Waals surface area contributed by atoms with E-state index in [-0.39, 0.29) is 0 Å². The molecule has 0 amide bonds. The minimum Gasteiger partial charge on any atom is -0.493 e. The van der Waals surface area contributed by atoms with Crippen LogP contribution in [0.25, 0.3) is 0 Å². The Bertz CT molecular complexity index is 581. The van der Waals surface area contributed by atoms with E-state index < -0.39 is 0 Å². The molecular weight excluding hydrogens is 368 g/mol. The number of methoxy groups -OCH3 is 2. The molecule has 0 aliphatic rings. The van der Waals surface area contributed by atoms with Gasteiger partial charge in [0.25, 0.3) is 0 Å². The Balaban J connectivity index is 2.56. The molecule has 166 valence electrons. The van der Waals surface area contributed by atoms with Crippen LogP contribution >= 0.6 is 0 Å². The van der Waals surface area contributed by atoms with Gasteiger partial charge in [-0.1, -0.05) is 12.1 Å². The van der Waals surface area contributed by atoms with Gasteiger partial charge >= 0.3 is 0 Å². The Hall–Kier alpha value is -1.83. The molecule has 0 bridgehead atoms. The van der Waals surface area contributed by atoms with Gasteiger partial charge in [-0.2, -0.15) is 0 Å². The molecule has 1 aromatic carbocycles. The van der Waals surface area contributed by atoms with Crippen LogP contribution in [0.1, 0.15) is 30.9 Å². The van der Waals surface area contributed by atoms with Gasteiger partial charge < -0.3 is 29.7 Å². The average molecular weight is 409 g/mol. The fourth-order valence-corrected chi connectivity index (χ4v) is 2.73. The molecule has 0 spiro atoms. The molecule has 1 aromatic rings. The molecule has 0 atom stereocenters. The number of nitrogens with one attached hydrogen (secondary N) is 2. The summed E-state index contributed by atoms with van der Waals surface area (Å²) in [6.07, 6.45) is 1.92. The summed E-state index contributed by atoms with van der Waals surface area (Å²) in [6.45, 7) is 10.5. The molecule has 0 aliphatic heterocycles. The summed E-state index contributed by atoms with van der Waals surface area (Å²) in [5.41, 5.74) is 2.27. The minimum absolute atomic E-state index is 0.572. The van der Waals surface area contributed by atoms with Crippen molar-refractivity contribution in [3.8, 4) is 5.75 Å². The number of guanidine groups is 1. The zero-order valence-corrected chi connectivity index (χ0v) is 18.9. The Morgan fingerprint density at radius 1 is 1.03 bits per heavy atom. The number of hydrogen-bond donors (Lipinski definition) is 2. The average Bonchev–Trinajstić information content (AvgIpc) is 2.71. The molecule has 29 heavy (non-hydrogen) atoms. The lowest BCUT2D eigenvalue weighted by Gasteiger charge is -2.17. The molecule has 7 heteroatoms. The van der Waals surface area contributed by atoms with Gasteiger partial charge in [0.2, 0.25) is 0 Å². The second kappa shape index (κ2) is 16.0. The summed E-state index contributed by atoms with van der Waals surface area (Å²) in [7, 11) is 5.56. The van der Waals surface area contributed by atoms with E-state index in [4.69, 9.17) is 19.2 Å². The second-order valence-corrected chi connectivity index (χ2v) is 7.08. The van der Waals surface area contributed by atoms with Crippen molar-refractivity contribution in [1.82, 2.24) is 15.5 Å². The molecule has 0 saturated heterocycles. The van der Waals surface area contributed by atoms with Crippen LogP contribution in [0.2, 0.25) is 0 Å². The minimum atomic E-state index is 0.572. The van der Waals surface area contributed by atoms with Crippen LogP contribution in [0, 0.1) is 6.92 Å². The fourth-order valence-electron chi connectivity index (χ4n) is 2.73. The van der Waals surface area contributed by atoms with Gasteiger partial charge in [0.15, 0.2) is 5.96 Å². The van der Waals surface area contributed by atoms with Crippen molar-refractivity contribution in [3.05, 3.63) is 29.3 Å². The van der Waals surface area contributed by atoms with Crippen molar-refractivity contribution in [2.75, 3.05) is 67.3 Å². The highest BCUT2D eigenvalue weighted by Gasteiger charge is 2.06. The number of aryl methyl sites for hydroxylation is 1. The largest absolute Gasteiger partial charge is 0.493 e. The van der Waals surface area contributed by atoms with Crippen molar-refractivity contribution >= 4 is 5.96 Å². The van der Waals surface area contributed by atoms with Gasteiger partial charge in [0, 0.05) is 52.4 Å². The van der Waals surface area contributed by atoms with Crippen LogP contribution in [0.4, 0.5) is 0 Å². The first-order valence-electron chi connectivity index (χ1n) is 10.5. The molecular formula is C22H40N4O3. The lowest BCUT2D eigenvalue weighted by molar-refractivity contribution is 0.161. The maximum Gasteiger partial charge on any atom is 0.191 e. The topological polar surface area (TPSA) is 67.4 Å². The van der Waals surface area contributed by atoms with Crippen molar-refractivity contribution in [2.24, 2.45) is 4.99 Å². The predicted octanol–water partition coefficient (Wildman–Crippen LogP) is 2.43. The zero-order valence-electron chi connectivity index (χ0n) is 18.9. The third-order valence-electron chi connectivity index (χ3n) is 4.41. The van der Waals surface area contributed by atoms with E-state index in [2.05, 4.69) is 54.6 Å². The zero-order chi connectivity index (χ0) is 21.3. The highest BCUT2D eigenvalue weighted by atomic mass is 16.5. The number of ether oxygens (including phenoxy) is 3. The summed E-state index contributed by atoms with van der Waals surface area (Å²) >= 11 is 0. The standard InChI is InChI=1S/C22H40N4O3/c1-6-23-22(24-11-7-12-26(3)13-16-28-5)25-18-20-10-9-19(2)17-21(20)29-15-8-14-27-4/h9-10,17H,6-8,11-16,18H2,1-5H3,(H2,23,24,25). The van der Waals surface area contributed by atoms with E-state index in [0.717, 1.165) is 62.9 Å². The molecule has 0 fully saturated rings. The molecule has 0 aromatic heterocycles. The van der Waals surface area contributed by atoms with Crippen molar-refractivity contribution in [1.29, 1.82) is 0 Å². The van der Waals surface area contributed by atoms with E-state index in [1.54, 1.807) is 14.2 Å². The lowest BCUT2D eigenvalue weighted by Crippen LogP contribution is -2.38. The monoisotopic (exact) mass is 408 g/mol.